The lowest BCUT2D eigenvalue weighted by Crippen LogP contribution is -2.57. The fraction of sp³-hybridized carbons (Fsp3) is 0.917. The maximum absolute atomic E-state index is 11.2. The Morgan fingerprint density at radius 1 is 1.33 bits per heavy atom. The highest BCUT2D eigenvalue weighted by atomic mass is 16.6. The highest BCUT2D eigenvalue weighted by molar-refractivity contribution is 5.66. The summed E-state index contributed by atoms with van der Waals surface area (Å²) in [5.41, 5.74) is 0. The molecule has 6 heteroatoms. The van der Waals surface area contributed by atoms with Gasteiger partial charge in [-0.2, -0.15) is 0 Å². The normalized spacial score (nSPS) is 32.2. The molecule has 0 aromatic rings. The van der Waals surface area contributed by atoms with Crippen LogP contribution in [0.5, 0.6) is 0 Å². The summed E-state index contributed by atoms with van der Waals surface area (Å²) in [7, 11) is 3.16. The first kappa shape index (κ1) is 15.4. The van der Waals surface area contributed by atoms with E-state index in [9.17, 15) is 4.79 Å². The Kier molecular flexibility index (Phi) is 6.56. The lowest BCUT2D eigenvalue weighted by atomic mass is 9.99. The van der Waals surface area contributed by atoms with E-state index < -0.39 is 6.10 Å². The van der Waals surface area contributed by atoms with Crippen LogP contribution in [0.3, 0.4) is 0 Å². The smallest absolute Gasteiger partial charge is 0.303 e. The van der Waals surface area contributed by atoms with Gasteiger partial charge in [-0.25, -0.2) is 0 Å². The van der Waals surface area contributed by atoms with Gasteiger partial charge in [-0.05, 0) is 6.92 Å². The summed E-state index contributed by atoms with van der Waals surface area (Å²) in [6, 6.07) is 0. The Morgan fingerprint density at radius 2 is 2.06 bits per heavy atom. The molecule has 0 spiro atoms. The molecule has 0 amide bonds. The van der Waals surface area contributed by atoms with E-state index in [-0.39, 0.29) is 24.3 Å². The van der Waals surface area contributed by atoms with Crippen molar-refractivity contribution in [3.8, 4) is 0 Å². The molecule has 6 nitrogen and oxygen atoms in total. The van der Waals surface area contributed by atoms with E-state index in [0.717, 1.165) is 0 Å². The molecule has 1 aliphatic heterocycles. The maximum atomic E-state index is 11.2. The Hall–Kier alpha value is -0.690. The summed E-state index contributed by atoms with van der Waals surface area (Å²) in [4.78, 5) is 11.2. The van der Waals surface area contributed by atoms with Crippen LogP contribution in [0.2, 0.25) is 0 Å². The van der Waals surface area contributed by atoms with Crippen LogP contribution < -0.4 is 0 Å². The highest BCUT2D eigenvalue weighted by Gasteiger charge is 2.43. The number of hydrogen-bond donors (Lipinski definition) is 0. The van der Waals surface area contributed by atoms with Gasteiger partial charge in [0.1, 0.15) is 18.3 Å². The fourth-order valence-electron chi connectivity index (χ4n) is 2.07. The molecule has 106 valence electrons. The van der Waals surface area contributed by atoms with Crippen molar-refractivity contribution < 1.29 is 28.5 Å². The van der Waals surface area contributed by atoms with Crippen molar-refractivity contribution in [3.63, 3.8) is 0 Å². The van der Waals surface area contributed by atoms with E-state index in [2.05, 4.69) is 0 Å². The first-order valence-corrected chi connectivity index (χ1v) is 6.06. The molecular formula is C12H22O6. The second-order valence-corrected chi connectivity index (χ2v) is 4.10. The molecule has 0 aromatic carbocycles. The Morgan fingerprint density at radius 3 is 2.56 bits per heavy atom. The summed E-state index contributed by atoms with van der Waals surface area (Å²) in [5.74, 6) is -0.369. The average molecular weight is 262 g/mol. The number of rotatable bonds is 6. The van der Waals surface area contributed by atoms with Crippen LogP contribution in [-0.2, 0) is 28.5 Å². The van der Waals surface area contributed by atoms with Gasteiger partial charge < -0.3 is 23.7 Å². The zero-order chi connectivity index (χ0) is 13.5. The molecule has 0 aromatic heterocycles. The third-order valence-corrected chi connectivity index (χ3v) is 2.83. The van der Waals surface area contributed by atoms with Gasteiger partial charge in [0, 0.05) is 27.8 Å². The van der Waals surface area contributed by atoms with Gasteiger partial charge in [-0.3, -0.25) is 4.79 Å². The molecule has 4 unspecified atom stereocenters. The Balaban J connectivity index is 2.80. The molecule has 18 heavy (non-hydrogen) atoms. The summed E-state index contributed by atoms with van der Waals surface area (Å²) >= 11 is 0. The minimum atomic E-state index is -0.513. The van der Waals surface area contributed by atoms with Crippen LogP contribution in [0.1, 0.15) is 13.8 Å². The van der Waals surface area contributed by atoms with Crippen molar-refractivity contribution in [2.75, 3.05) is 34.0 Å². The van der Waals surface area contributed by atoms with Crippen LogP contribution >= 0.6 is 0 Å². The van der Waals surface area contributed by atoms with Gasteiger partial charge >= 0.3 is 5.97 Å². The lowest BCUT2D eigenvalue weighted by Gasteiger charge is -2.40. The topological polar surface area (TPSA) is 63.2 Å². The van der Waals surface area contributed by atoms with E-state index in [4.69, 9.17) is 23.7 Å². The maximum Gasteiger partial charge on any atom is 0.303 e. The predicted octanol–water partition coefficient (Wildman–Crippen LogP) is 0.383. The second kappa shape index (κ2) is 7.68. The molecule has 1 fully saturated rings. The van der Waals surface area contributed by atoms with E-state index in [0.29, 0.717) is 19.8 Å². The van der Waals surface area contributed by atoms with Gasteiger partial charge in [-0.15, -0.1) is 0 Å². The molecule has 0 radical (unpaired) electrons. The summed E-state index contributed by atoms with van der Waals surface area (Å²) in [6.07, 6.45) is -1.43. The first-order valence-electron chi connectivity index (χ1n) is 6.06. The largest absolute Gasteiger partial charge is 0.457 e. The van der Waals surface area contributed by atoms with Crippen LogP contribution in [0.4, 0.5) is 0 Å². The minimum absolute atomic E-state index is 0.248. The van der Waals surface area contributed by atoms with E-state index in [1.807, 2.05) is 6.92 Å². The molecule has 4 atom stereocenters. The standard InChI is InChI=1S/C12H22O6/c1-5-16-11-9(15-4)7-17-10(6-14-3)12(11)18-8(2)13/h9-12H,5-7H2,1-4H3. The summed E-state index contributed by atoms with van der Waals surface area (Å²) < 4.78 is 26.9. The van der Waals surface area contributed by atoms with Crippen molar-refractivity contribution in [2.24, 2.45) is 0 Å². The fourth-order valence-corrected chi connectivity index (χ4v) is 2.07. The van der Waals surface area contributed by atoms with Crippen molar-refractivity contribution >= 4 is 5.97 Å². The van der Waals surface area contributed by atoms with Gasteiger partial charge in [0.15, 0.2) is 6.10 Å². The lowest BCUT2D eigenvalue weighted by molar-refractivity contribution is -0.229. The van der Waals surface area contributed by atoms with Crippen molar-refractivity contribution in [3.05, 3.63) is 0 Å². The molecule has 1 aliphatic rings. The highest BCUT2D eigenvalue weighted by Crippen LogP contribution is 2.23. The molecule has 1 saturated heterocycles. The van der Waals surface area contributed by atoms with Gasteiger partial charge in [0.2, 0.25) is 0 Å². The molecular weight excluding hydrogens is 240 g/mol. The number of ether oxygens (including phenoxy) is 5. The molecule has 1 heterocycles. The molecule has 0 saturated carbocycles. The van der Waals surface area contributed by atoms with Crippen LogP contribution in [0, 0.1) is 0 Å². The average Bonchev–Trinajstić information content (AvgIpc) is 2.33. The number of hydrogen-bond acceptors (Lipinski definition) is 6. The third-order valence-electron chi connectivity index (χ3n) is 2.83. The zero-order valence-corrected chi connectivity index (χ0v) is 11.4. The van der Waals surface area contributed by atoms with Gasteiger partial charge in [0.05, 0.1) is 13.2 Å². The van der Waals surface area contributed by atoms with E-state index in [1.54, 1.807) is 14.2 Å². The van der Waals surface area contributed by atoms with Crippen molar-refractivity contribution in [1.82, 2.24) is 0 Å². The predicted molar refractivity (Wildman–Crippen MR) is 63.4 cm³/mol. The van der Waals surface area contributed by atoms with Crippen LogP contribution in [0.25, 0.3) is 0 Å². The second-order valence-electron chi connectivity index (χ2n) is 4.10. The third kappa shape index (κ3) is 3.91. The number of carbonyl (C=O) groups is 1. The molecule has 0 N–H and O–H groups in total. The molecule has 0 aliphatic carbocycles. The van der Waals surface area contributed by atoms with E-state index >= 15 is 0 Å². The Labute approximate surface area is 107 Å². The van der Waals surface area contributed by atoms with Gasteiger partial charge in [-0.1, -0.05) is 0 Å². The number of esters is 1. The first-order chi connectivity index (χ1) is 8.63. The minimum Gasteiger partial charge on any atom is -0.457 e. The molecule has 0 bridgehead atoms. The van der Waals surface area contributed by atoms with Crippen LogP contribution in [0.15, 0.2) is 0 Å². The zero-order valence-electron chi connectivity index (χ0n) is 11.4. The quantitative estimate of drug-likeness (QED) is 0.645. The summed E-state index contributed by atoms with van der Waals surface area (Å²) in [5, 5.41) is 0. The van der Waals surface area contributed by atoms with Crippen molar-refractivity contribution in [2.45, 2.75) is 38.3 Å². The van der Waals surface area contributed by atoms with Gasteiger partial charge in [0.25, 0.3) is 0 Å². The number of methoxy groups -OCH3 is 2. The number of carbonyl (C=O) groups excluding carboxylic acids is 1. The van der Waals surface area contributed by atoms with Crippen LogP contribution in [-0.4, -0.2) is 64.4 Å². The summed E-state index contributed by atoms with van der Waals surface area (Å²) in [6.45, 7) is 4.51. The Bertz CT molecular complexity index is 257. The molecule has 1 rings (SSSR count). The monoisotopic (exact) mass is 262 g/mol. The van der Waals surface area contributed by atoms with E-state index in [1.165, 1.54) is 6.92 Å². The SMILES string of the molecule is CCOC1C(OC)COC(COC)C1OC(C)=O. The van der Waals surface area contributed by atoms with Crippen molar-refractivity contribution in [1.29, 1.82) is 0 Å².